The van der Waals surface area contributed by atoms with Crippen LogP contribution < -0.4 is 0 Å². The molecular formula is C13H24N2O2. The van der Waals surface area contributed by atoms with Gasteiger partial charge in [-0.25, -0.2) is 0 Å². The maximum absolute atomic E-state index is 12.1. The van der Waals surface area contributed by atoms with Gasteiger partial charge in [-0.2, -0.15) is 0 Å². The molecule has 0 aromatic heterocycles. The Kier molecular flexibility index (Phi) is 5.65. The van der Waals surface area contributed by atoms with Crippen LogP contribution in [0.3, 0.4) is 0 Å². The predicted octanol–water partition coefficient (Wildman–Crippen LogP) is 1.13. The summed E-state index contributed by atoms with van der Waals surface area (Å²) in [6, 6.07) is 0. The van der Waals surface area contributed by atoms with Crippen molar-refractivity contribution in [2.75, 3.05) is 39.3 Å². The van der Waals surface area contributed by atoms with Gasteiger partial charge in [-0.1, -0.05) is 12.2 Å². The molecule has 1 fully saturated rings. The van der Waals surface area contributed by atoms with E-state index >= 15 is 0 Å². The number of carbonyl (C=O) groups is 1. The van der Waals surface area contributed by atoms with Crippen LogP contribution in [-0.2, 0) is 9.53 Å². The normalized spacial score (nSPS) is 21.2. The number of morpholine rings is 1. The lowest BCUT2D eigenvalue weighted by molar-refractivity contribution is -0.133. The van der Waals surface area contributed by atoms with E-state index in [1.165, 1.54) is 0 Å². The number of nitrogens with zero attached hydrogens (tertiary/aromatic N) is 2. The van der Waals surface area contributed by atoms with Gasteiger partial charge in [-0.15, -0.1) is 0 Å². The van der Waals surface area contributed by atoms with Crippen LogP contribution in [0, 0.1) is 0 Å². The summed E-state index contributed by atoms with van der Waals surface area (Å²) in [4.78, 5) is 16.1. The molecule has 17 heavy (non-hydrogen) atoms. The molecule has 1 unspecified atom stereocenters. The van der Waals surface area contributed by atoms with E-state index in [9.17, 15) is 4.79 Å². The van der Waals surface area contributed by atoms with E-state index in [0.29, 0.717) is 13.1 Å². The first-order valence-corrected chi connectivity index (χ1v) is 6.29. The Hall–Kier alpha value is -0.870. The highest BCUT2D eigenvalue weighted by Gasteiger charge is 2.21. The maximum Gasteiger partial charge on any atom is 0.237 e. The molecule has 4 heteroatoms. The molecule has 0 N–H and O–H groups in total. The summed E-state index contributed by atoms with van der Waals surface area (Å²) in [5, 5.41) is 0. The standard InChI is InChI=1S/C13H24N2O2/c1-5-15(8-11(2)3)13(16)10-14-6-7-17-12(4)9-14/h12H,2,5-10H2,1,3-4H3. The minimum Gasteiger partial charge on any atom is -0.376 e. The zero-order valence-corrected chi connectivity index (χ0v) is 11.2. The van der Waals surface area contributed by atoms with Gasteiger partial charge in [0.15, 0.2) is 0 Å². The van der Waals surface area contributed by atoms with Crippen molar-refractivity contribution in [3.63, 3.8) is 0 Å². The Balaban J connectivity index is 2.43. The minimum absolute atomic E-state index is 0.185. The van der Waals surface area contributed by atoms with E-state index in [1.54, 1.807) is 0 Å². The van der Waals surface area contributed by atoms with Crippen molar-refractivity contribution in [1.82, 2.24) is 9.80 Å². The molecule has 0 bridgehead atoms. The van der Waals surface area contributed by atoms with Crippen LogP contribution in [0.4, 0.5) is 0 Å². The van der Waals surface area contributed by atoms with E-state index in [2.05, 4.69) is 11.5 Å². The van der Waals surface area contributed by atoms with Crippen LogP contribution in [0.5, 0.6) is 0 Å². The molecular weight excluding hydrogens is 216 g/mol. The number of likely N-dealkylation sites (N-methyl/N-ethyl adjacent to an activating group) is 1. The summed E-state index contributed by atoms with van der Waals surface area (Å²) in [5.74, 6) is 0.185. The molecule has 0 saturated carbocycles. The molecule has 1 aliphatic rings. The first-order valence-electron chi connectivity index (χ1n) is 6.29. The third kappa shape index (κ3) is 4.88. The number of hydrogen-bond donors (Lipinski definition) is 0. The van der Waals surface area contributed by atoms with E-state index in [1.807, 2.05) is 25.7 Å². The van der Waals surface area contributed by atoms with Crippen molar-refractivity contribution in [2.45, 2.75) is 26.9 Å². The second-order valence-corrected chi connectivity index (χ2v) is 4.78. The van der Waals surface area contributed by atoms with E-state index < -0.39 is 0 Å². The highest BCUT2D eigenvalue weighted by molar-refractivity contribution is 5.78. The third-order valence-electron chi connectivity index (χ3n) is 2.88. The molecule has 98 valence electrons. The first-order chi connectivity index (χ1) is 8.02. The van der Waals surface area contributed by atoms with Crippen LogP contribution in [0.1, 0.15) is 20.8 Å². The maximum atomic E-state index is 12.1. The fraction of sp³-hybridized carbons (Fsp3) is 0.769. The van der Waals surface area contributed by atoms with Gasteiger partial charge in [-0.3, -0.25) is 9.69 Å². The molecule has 1 saturated heterocycles. The highest BCUT2D eigenvalue weighted by Crippen LogP contribution is 2.05. The minimum atomic E-state index is 0.185. The van der Waals surface area contributed by atoms with Crippen molar-refractivity contribution < 1.29 is 9.53 Å². The van der Waals surface area contributed by atoms with Gasteiger partial charge in [0.25, 0.3) is 0 Å². The van der Waals surface area contributed by atoms with Gasteiger partial charge in [0, 0.05) is 26.2 Å². The van der Waals surface area contributed by atoms with Crippen molar-refractivity contribution >= 4 is 5.91 Å². The van der Waals surface area contributed by atoms with Crippen molar-refractivity contribution in [3.8, 4) is 0 Å². The van der Waals surface area contributed by atoms with Gasteiger partial charge < -0.3 is 9.64 Å². The molecule has 0 spiro atoms. The monoisotopic (exact) mass is 240 g/mol. The molecule has 4 nitrogen and oxygen atoms in total. The van der Waals surface area contributed by atoms with Gasteiger partial charge in [0.2, 0.25) is 5.91 Å². The highest BCUT2D eigenvalue weighted by atomic mass is 16.5. The van der Waals surface area contributed by atoms with Gasteiger partial charge in [0.05, 0.1) is 19.3 Å². The van der Waals surface area contributed by atoms with Gasteiger partial charge in [-0.05, 0) is 20.8 Å². The largest absolute Gasteiger partial charge is 0.376 e. The Bertz CT molecular complexity index is 279. The van der Waals surface area contributed by atoms with Crippen LogP contribution >= 0.6 is 0 Å². The first kappa shape index (κ1) is 14.2. The number of hydrogen-bond acceptors (Lipinski definition) is 3. The molecule has 0 aliphatic carbocycles. The predicted molar refractivity (Wildman–Crippen MR) is 68.9 cm³/mol. The lowest BCUT2D eigenvalue weighted by atomic mass is 10.2. The Morgan fingerprint density at radius 1 is 1.59 bits per heavy atom. The molecule has 1 atom stereocenters. The van der Waals surface area contributed by atoms with E-state index in [4.69, 9.17) is 4.74 Å². The fourth-order valence-corrected chi connectivity index (χ4v) is 2.03. The second kappa shape index (κ2) is 6.77. The summed E-state index contributed by atoms with van der Waals surface area (Å²) >= 11 is 0. The molecule has 0 aromatic carbocycles. The topological polar surface area (TPSA) is 32.8 Å². The summed E-state index contributed by atoms with van der Waals surface area (Å²) < 4.78 is 5.46. The third-order valence-corrected chi connectivity index (χ3v) is 2.88. The van der Waals surface area contributed by atoms with Crippen molar-refractivity contribution in [2.24, 2.45) is 0 Å². The number of amides is 1. The molecule has 0 radical (unpaired) electrons. The number of rotatable bonds is 5. The Morgan fingerprint density at radius 3 is 2.82 bits per heavy atom. The summed E-state index contributed by atoms with van der Waals surface area (Å²) in [7, 11) is 0. The smallest absolute Gasteiger partial charge is 0.237 e. The average Bonchev–Trinajstić information content (AvgIpc) is 2.25. The molecule has 1 amide bonds. The van der Waals surface area contributed by atoms with E-state index in [0.717, 1.165) is 31.8 Å². The second-order valence-electron chi connectivity index (χ2n) is 4.78. The zero-order chi connectivity index (χ0) is 12.8. The zero-order valence-electron chi connectivity index (χ0n) is 11.2. The lowest BCUT2D eigenvalue weighted by Gasteiger charge is -2.32. The number of carbonyl (C=O) groups excluding carboxylic acids is 1. The summed E-state index contributed by atoms with van der Waals surface area (Å²) in [6.07, 6.45) is 0.229. The van der Waals surface area contributed by atoms with Gasteiger partial charge >= 0.3 is 0 Å². The van der Waals surface area contributed by atoms with Crippen LogP contribution in [0.25, 0.3) is 0 Å². The van der Waals surface area contributed by atoms with E-state index in [-0.39, 0.29) is 12.0 Å². The van der Waals surface area contributed by atoms with Crippen molar-refractivity contribution in [1.29, 1.82) is 0 Å². The molecule has 0 aromatic rings. The van der Waals surface area contributed by atoms with Crippen molar-refractivity contribution in [3.05, 3.63) is 12.2 Å². The van der Waals surface area contributed by atoms with Crippen LogP contribution in [0.15, 0.2) is 12.2 Å². The quantitative estimate of drug-likeness (QED) is 0.675. The number of ether oxygens (including phenoxy) is 1. The Morgan fingerprint density at radius 2 is 2.29 bits per heavy atom. The molecule has 1 rings (SSSR count). The summed E-state index contributed by atoms with van der Waals surface area (Å²) in [6.45, 7) is 14.2. The fourth-order valence-electron chi connectivity index (χ4n) is 2.03. The average molecular weight is 240 g/mol. The van der Waals surface area contributed by atoms with Crippen LogP contribution in [0.2, 0.25) is 0 Å². The lowest BCUT2D eigenvalue weighted by Crippen LogP contribution is -2.47. The molecule has 1 aliphatic heterocycles. The summed E-state index contributed by atoms with van der Waals surface area (Å²) in [5.41, 5.74) is 1.02. The van der Waals surface area contributed by atoms with Gasteiger partial charge in [0.1, 0.15) is 0 Å². The Labute approximate surface area is 104 Å². The van der Waals surface area contributed by atoms with Crippen LogP contribution in [-0.4, -0.2) is 61.1 Å². The SMILES string of the molecule is C=C(C)CN(CC)C(=O)CN1CCOC(C)C1. The molecule has 1 heterocycles.